The maximum Gasteiger partial charge on any atom is 0.319 e. The van der Waals surface area contributed by atoms with E-state index in [1.807, 2.05) is 6.07 Å². The minimum atomic E-state index is -0.542. The second-order valence-electron chi connectivity index (χ2n) is 4.38. The number of nitro groups is 1. The van der Waals surface area contributed by atoms with Gasteiger partial charge in [-0.05, 0) is 24.6 Å². The molecule has 2 amide bonds. The molecule has 1 atom stereocenters. The number of benzene rings is 1. The number of hydrogen-bond acceptors (Lipinski definition) is 4. The highest BCUT2D eigenvalue weighted by atomic mass is 16.6. The number of para-hydroxylation sites is 2. The van der Waals surface area contributed by atoms with E-state index >= 15 is 0 Å². The first-order chi connectivity index (χ1) is 10.1. The number of rotatable bonds is 4. The zero-order valence-corrected chi connectivity index (χ0v) is 11.3. The number of nitrogens with one attached hydrogen (secondary N) is 2. The Bertz CT molecular complexity index is 646. The van der Waals surface area contributed by atoms with Gasteiger partial charge in [-0.2, -0.15) is 0 Å². The van der Waals surface area contributed by atoms with E-state index in [2.05, 4.69) is 15.6 Å². The van der Waals surface area contributed by atoms with Crippen LogP contribution in [0.3, 0.4) is 0 Å². The second-order valence-corrected chi connectivity index (χ2v) is 4.38. The van der Waals surface area contributed by atoms with Gasteiger partial charge in [0.25, 0.3) is 5.69 Å². The van der Waals surface area contributed by atoms with E-state index in [9.17, 15) is 14.9 Å². The van der Waals surface area contributed by atoms with Crippen molar-refractivity contribution in [3.8, 4) is 0 Å². The van der Waals surface area contributed by atoms with Crippen LogP contribution in [0.2, 0.25) is 0 Å². The number of carbonyl (C=O) groups is 1. The van der Waals surface area contributed by atoms with Crippen LogP contribution < -0.4 is 10.6 Å². The summed E-state index contributed by atoms with van der Waals surface area (Å²) in [5.74, 6) is 0. The quantitative estimate of drug-likeness (QED) is 0.667. The molecule has 1 unspecified atom stereocenters. The Morgan fingerprint density at radius 2 is 2.05 bits per heavy atom. The normalized spacial score (nSPS) is 11.5. The van der Waals surface area contributed by atoms with Crippen molar-refractivity contribution in [2.24, 2.45) is 0 Å². The van der Waals surface area contributed by atoms with Gasteiger partial charge in [0.05, 0.1) is 11.0 Å². The van der Waals surface area contributed by atoms with E-state index in [0.717, 1.165) is 5.56 Å². The lowest BCUT2D eigenvalue weighted by molar-refractivity contribution is -0.383. The largest absolute Gasteiger partial charge is 0.331 e. The predicted molar refractivity (Wildman–Crippen MR) is 77.9 cm³/mol. The van der Waals surface area contributed by atoms with Gasteiger partial charge in [-0.3, -0.25) is 15.1 Å². The molecule has 0 aliphatic heterocycles. The van der Waals surface area contributed by atoms with Gasteiger partial charge in [0.15, 0.2) is 0 Å². The molecule has 7 nitrogen and oxygen atoms in total. The molecule has 0 fully saturated rings. The standard InChI is InChI=1S/C14H14N4O3/c1-10(11-5-4-8-15-9-11)16-14(19)17-12-6-2-3-7-13(12)18(20)21/h2-10H,1H3,(H2,16,17,19). The summed E-state index contributed by atoms with van der Waals surface area (Å²) < 4.78 is 0. The third kappa shape index (κ3) is 3.75. The summed E-state index contributed by atoms with van der Waals surface area (Å²) in [5.41, 5.74) is 0.843. The molecule has 7 heteroatoms. The van der Waals surface area contributed by atoms with Gasteiger partial charge in [0, 0.05) is 18.5 Å². The summed E-state index contributed by atoms with van der Waals surface area (Å²) in [6, 6.07) is 8.80. The smallest absolute Gasteiger partial charge is 0.319 e. The third-order valence-corrected chi connectivity index (χ3v) is 2.88. The Morgan fingerprint density at radius 1 is 1.29 bits per heavy atom. The van der Waals surface area contributed by atoms with Crippen LogP contribution in [0.1, 0.15) is 18.5 Å². The summed E-state index contributed by atoms with van der Waals surface area (Å²) in [6.45, 7) is 1.80. The highest BCUT2D eigenvalue weighted by molar-refractivity contribution is 5.91. The van der Waals surface area contributed by atoms with E-state index in [1.165, 1.54) is 12.1 Å². The summed E-state index contributed by atoms with van der Waals surface area (Å²) in [7, 11) is 0. The monoisotopic (exact) mass is 286 g/mol. The summed E-state index contributed by atoms with van der Waals surface area (Å²) in [5, 5.41) is 16.1. The average Bonchev–Trinajstić information content (AvgIpc) is 2.48. The molecule has 1 heterocycles. The number of carbonyl (C=O) groups excluding carboxylic acids is 1. The molecule has 1 aromatic carbocycles. The number of nitro benzene ring substituents is 1. The van der Waals surface area contributed by atoms with Crippen molar-refractivity contribution in [2.75, 3.05) is 5.32 Å². The minimum absolute atomic E-state index is 0.151. The van der Waals surface area contributed by atoms with Crippen LogP contribution in [-0.2, 0) is 0 Å². The Labute approximate surface area is 121 Å². The molecular formula is C14H14N4O3. The molecule has 2 N–H and O–H groups in total. The number of nitrogens with zero attached hydrogens (tertiary/aromatic N) is 2. The molecule has 108 valence electrons. The SMILES string of the molecule is CC(NC(=O)Nc1ccccc1[N+](=O)[O-])c1cccnc1. The lowest BCUT2D eigenvalue weighted by atomic mass is 10.1. The molecule has 0 aliphatic carbocycles. The Balaban J connectivity index is 2.04. The van der Waals surface area contributed by atoms with Crippen LogP contribution in [0.4, 0.5) is 16.2 Å². The van der Waals surface area contributed by atoms with Crippen LogP contribution in [0.25, 0.3) is 0 Å². The highest BCUT2D eigenvalue weighted by Crippen LogP contribution is 2.23. The number of hydrogen-bond donors (Lipinski definition) is 2. The molecule has 1 aromatic heterocycles. The molecule has 0 bridgehead atoms. The van der Waals surface area contributed by atoms with Crippen molar-refractivity contribution < 1.29 is 9.72 Å². The zero-order valence-electron chi connectivity index (χ0n) is 11.3. The number of amides is 2. The molecule has 0 saturated carbocycles. The lowest BCUT2D eigenvalue weighted by Crippen LogP contribution is -2.31. The van der Waals surface area contributed by atoms with Crippen molar-refractivity contribution in [1.82, 2.24) is 10.3 Å². The Kier molecular flexibility index (Phi) is 4.45. The molecule has 0 radical (unpaired) electrons. The van der Waals surface area contributed by atoms with E-state index in [1.54, 1.807) is 37.5 Å². The van der Waals surface area contributed by atoms with Gasteiger partial charge in [0.2, 0.25) is 0 Å². The number of urea groups is 1. The molecule has 2 rings (SSSR count). The van der Waals surface area contributed by atoms with Crippen molar-refractivity contribution >= 4 is 17.4 Å². The van der Waals surface area contributed by atoms with Crippen LogP contribution in [0.15, 0.2) is 48.8 Å². The first-order valence-corrected chi connectivity index (χ1v) is 6.29. The van der Waals surface area contributed by atoms with Crippen molar-refractivity contribution in [1.29, 1.82) is 0 Å². The van der Waals surface area contributed by atoms with Crippen molar-refractivity contribution in [3.05, 3.63) is 64.5 Å². The van der Waals surface area contributed by atoms with Crippen molar-refractivity contribution in [2.45, 2.75) is 13.0 Å². The fraction of sp³-hybridized carbons (Fsp3) is 0.143. The maximum absolute atomic E-state index is 11.9. The van der Waals surface area contributed by atoms with Gasteiger partial charge in [-0.1, -0.05) is 18.2 Å². The molecule has 0 saturated heterocycles. The first-order valence-electron chi connectivity index (χ1n) is 6.29. The third-order valence-electron chi connectivity index (χ3n) is 2.88. The average molecular weight is 286 g/mol. The summed E-state index contributed by atoms with van der Waals surface area (Å²) in [4.78, 5) is 26.2. The van der Waals surface area contributed by atoms with Gasteiger partial charge < -0.3 is 10.6 Å². The summed E-state index contributed by atoms with van der Waals surface area (Å²) >= 11 is 0. The number of anilines is 1. The molecule has 21 heavy (non-hydrogen) atoms. The minimum Gasteiger partial charge on any atom is -0.331 e. The van der Waals surface area contributed by atoms with Crippen LogP contribution in [0.5, 0.6) is 0 Å². The Morgan fingerprint density at radius 3 is 2.71 bits per heavy atom. The topological polar surface area (TPSA) is 97.2 Å². The van der Waals surface area contributed by atoms with Gasteiger partial charge >= 0.3 is 6.03 Å². The van der Waals surface area contributed by atoms with E-state index in [4.69, 9.17) is 0 Å². The van der Waals surface area contributed by atoms with E-state index in [-0.39, 0.29) is 17.4 Å². The number of pyridine rings is 1. The first kappa shape index (κ1) is 14.4. The second kappa shape index (κ2) is 6.47. The Hall–Kier alpha value is -2.96. The van der Waals surface area contributed by atoms with Crippen LogP contribution in [0, 0.1) is 10.1 Å². The van der Waals surface area contributed by atoms with E-state index in [0.29, 0.717) is 0 Å². The lowest BCUT2D eigenvalue weighted by Gasteiger charge is -2.14. The van der Waals surface area contributed by atoms with Gasteiger partial charge in [0.1, 0.15) is 5.69 Å². The van der Waals surface area contributed by atoms with Gasteiger partial charge in [-0.15, -0.1) is 0 Å². The predicted octanol–water partition coefficient (Wildman–Crippen LogP) is 2.87. The van der Waals surface area contributed by atoms with Crippen LogP contribution >= 0.6 is 0 Å². The molecule has 2 aromatic rings. The zero-order chi connectivity index (χ0) is 15.2. The molecule has 0 spiro atoms. The van der Waals surface area contributed by atoms with Crippen LogP contribution in [-0.4, -0.2) is 15.9 Å². The molecule has 0 aliphatic rings. The van der Waals surface area contributed by atoms with Gasteiger partial charge in [-0.25, -0.2) is 4.79 Å². The fourth-order valence-electron chi connectivity index (χ4n) is 1.81. The highest BCUT2D eigenvalue weighted by Gasteiger charge is 2.16. The fourth-order valence-corrected chi connectivity index (χ4v) is 1.81. The number of aromatic nitrogens is 1. The summed E-state index contributed by atoms with van der Waals surface area (Å²) in [6.07, 6.45) is 3.29. The van der Waals surface area contributed by atoms with Crippen molar-refractivity contribution in [3.63, 3.8) is 0 Å². The van der Waals surface area contributed by atoms with E-state index < -0.39 is 11.0 Å². The molecular weight excluding hydrogens is 272 g/mol. The maximum atomic E-state index is 11.9.